The highest BCUT2D eigenvalue weighted by Crippen LogP contribution is 2.08. The van der Waals surface area contributed by atoms with Gasteiger partial charge < -0.3 is 10.6 Å². The highest BCUT2D eigenvalue weighted by molar-refractivity contribution is 5.81. The van der Waals surface area contributed by atoms with E-state index < -0.39 is 0 Å². The first kappa shape index (κ1) is 12.1. The minimum atomic E-state index is -0.0132. The fourth-order valence-electron chi connectivity index (χ4n) is 2.10. The van der Waals surface area contributed by atoms with Gasteiger partial charge in [0.1, 0.15) is 0 Å². The number of piperidine rings is 1. The Morgan fingerprint density at radius 1 is 1.65 bits per heavy atom. The summed E-state index contributed by atoms with van der Waals surface area (Å²) >= 11 is 0. The summed E-state index contributed by atoms with van der Waals surface area (Å²) in [4.78, 5) is 11.9. The van der Waals surface area contributed by atoms with Crippen LogP contribution in [0.1, 0.15) is 30.5 Å². The summed E-state index contributed by atoms with van der Waals surface area (Å²) < 4.78 is 1.82. The first-order valence-corrected chi connectivity index (χ1v) is 6.17. The Hall–Kier alpha value is -1.36. The lowest BCUT2D eigenvalue weighted by molar-refractivity contribution is -0.123. The summed E-state index contributed by atoms with van der Waals surface area (Å²) in [5.74, 6) is 0.105. The maximum atomic E-state index is 11.9. The average molecular weight is 236 g/mol. The predicted octanol–water partition coefficient (Wildman–Crippen LogP) is 0.487. The van der Waals surface area contributed by atoms with Crippen LogP contribution >= 0.6 is 0 Å². The van der Waals surface area contributed by atoms with Gasteiger partial charge in [0.15, 0.2) is 0 Å². The summed E-state index contributed by atoms with van der Waals surface area (Å²) in [5.41, 5.74) is 2.18. The third-order valence-corrected chi connectivity index (χ3v) is 3.42. The number of nitrogens with zero attached hydrogens (tertiary/aromatic N) is 2. The quantitative estimate of drug-likeness (QED) is 0.803. The zero-order valence-corrected chi connectivity index (χ0v) is 10.5. The molecule has 1 aromatic rings. The van der Waals surface area contributed by atoms with Crippen molar-refractivity contribution in [1.82, 2.24) is 20.4 Å². The van der Waals surface area contributed by atoms with E-state index in [1.807, 2.05) is 24.9 Å². The summed E-state index contributed by atoms with van der Waals surface area (Å²) in [6, 6.07) is -0.0132. The number of aromatic nitrogens is 2. The second-order valence-corrected chi connectivity index (χ2v) is 4.60. The molecule has 1 saturated heterocycles. The molecule has 1 aromatic heterocycles. The molecular weight excluding hydrogens is 216 g/mol. The molecule has 2 rings (SSSR count). The first-order valence-electron chi connectivity index (χ1n) is 6.17. The van der Waals surface area contributed by atoms with E-state index >= 15 is 0 Å². The summed E-state index contributed by atoms with van der Waals surface area (Å²) in [6.45, 7) is 3.52. The second-order valence-electron chi connectivity index (χ2n) is 4.60. The predicted molar refractivity (Wildman–Crippen MR) is 65.4 cm³/mol. The van der Waals surface area contributed by atoms with Gasteiger partial charge >= 0.3 is 0 Å². The van der Waals surface area contributed by atoms with Gasteiger partial charge in [-0.2, -0.15) is 5.10 Å². The highest BCUT2D eigenvalue weighted by atomic mass is 16.2. The summed E-state index contributed by atoms with van der Waals surface area (Å²) in [6.07, 6.45) is 5.06. The van der Waals surface area contributed by atoms with Crippen LogP contribution in [0, 0.1) is 6.92 Å². The van der Waals surface area contributed by atoms with E-state index in [-0.39, 0.29) is 11.9 Å². The van der Waals surface area contributed by atoms with E-state index in [4.69, 9.17) is 0 Å². The number of carbonyl (C=O) groups is 1. The fourth-order valence-corrected chi connectivity index (χ4v) is 2.10. The molecule has 2 heterocycles. The van der Waals surface area contributed by atoms with Crippen LogP contribution in [0.4, 0.5) is 0 Å². The molecule has 0 bridgehead atoms. The van der Waals surface area contributed by atoms with Gasteiger partial charge in [-0.3, -0.25) is 9.48 Å². The zero-order valence-electron chi connectivity index (χ0n) is 10.5. The standard InChI is InChI=1S/C12H20N4O/c1-9-10(8-15-16(9)2)7-14-12(17)11-5-3-4-6-13-11/h8,11,13H,3-7H2,1-2H3,(H,14,17)/t11-/m1/s1. The topological polar surface area (TPSA) is 59.0 Å². The molecule has 17 heavy (non-hydrogen) atoms. The van der Waals surface area contributed by atoms with Gasteiger partial charge in [0.2, 0.25) is 5.91 Å². The third kappa shape index (κ3) is 2.85. The van der Waals surface area contributed by atoms with Crippen molar-refractivity contribution in [3.05, 3.63) is 17.5 Å². The molecule has 0 aliphatic carbocycles. The maximum Gasteiger partial charge on any atom is 0.237 e. The molecule has 1 amide bonds. The molecule has 0 spiro atoms. The number of amides is 1. The number of rotatable bonds is 3. The lowest BCUT2D eigenvalue weighted by Gasteiger charge is -2.22. The normalized spacial score (nSPS) is 20.2. The third-order valence-electron chi connectivity index (χ3n) is 3.42. The first-order chi connectivity index (χ1) is 8.18. The van der Waals surface area contributed by atoms with Crippen molar-refractivity contribution in [3.8, 4) is 0 Å². The minimum Gasteiger partial charge on any atom is -0.351 e. The van der Waals surface area contributed by atoms with Gasteiger partial charge in [-0.25, -0.2) is 0 Å². The molecule has 1 aliphatic heterocycles. The van der Waals surface area contributed by atoms with Crippen LogP contribution in [0.5, 0.6) is 0 Å². The Bertz CT molecular complexity index is 393. The average Bonchev–Trinajstić information content (AvgIpc) is 2.68. The van der Waals surface area contributed by atoms with E-state index in [0.29, 0.717) is 6.54 Å². The molecule has 5 nitrogen and oxygen atoms in total. The van der Waals surface area contributed by atoms with Gasteiger partial charge in [0.25, 0.3) is 0 Å². The molecule has 0 saturated carbocycles. The number of hydrogen-bond donors (Lipinski definition) is 2. The Kier molecular flexibility index (Phi) is 3.78. The van der Waals surface area contributed by atoms with Crippen LogP contribution in [-0.4, -0.2) is 28.3 Å². The van der Waals surface area contributed by atoms with Crippen LogP contribution in [-0.2, 0) is 18.4 Å². The molecule has 0 radical (unpaired) electrons. The zero-order chi connectivity index (χ0) is 12.3. The Morgan fingerprint density at radius 3 is 3.06 bits per heavy atom. The molecule has 1 atom stereocenters. The van der Waals surface area contributed by atoms with Gasteiger partial charge in [-0.05, 0) is 26.3 Å². The summed E-state index contributed by atoms with van der Waals surface area (Å²) in [7, 11) is 1.91. The molecule has 1 aliphatic rings. The molecule has 2 N–H and O–H groups in total. The monoisotopic (exact) mass is 236 g/mol. The fraction of sp³-hybridized carbons (Fsp3) is 0.667. The number of aryl methyl sites for hydroxylation is 1. The minimum absolute atomic E-state index is 0.0132. The molecule has 0 unspecified atom stereocenters. The van der Waals surface area contributed by atoms with Crippen LogP contribution < -0.4 is 10.6 Å². The number of nitrogens with one attached hydrogen (secondary N) is 2. The lowest BCUT2D eigenvalue weighted by atomic mass is 10.0. The Balaban J connectivity index is 1.85. The Morgan fingerprint density at radius 2 is 2.47 bits per heavy atom. The number of hydrogen-bond acceptors (Lipinski definition) is 3. The van der Waals surface area contributed by atoms with Crippen molar-refractivity contribution in [3.63, 3.8) is 0 Å². The van der Waals surface area contributed by atoms with Crippen molar-refractivity contribution < 1.29 is 4.79 Å². The van der Waals surface area contributed by atoms with Gasteiger partial charge in [0.05, 0.1) is 12.2 Å². The molecule has 94 valence electrons. The van der Waals surface area contributed by atoms with E-state index in [9.17, 15) is 4.79 Å². The van der Waals surface area contributed by atoms with Crippen molar-refractivity contribution in [2.45, 2.75) is 38.8 Å². The highest BCUT2D eigenvalue weighted by Gasteiger charge is 2.20. The van der Waals surface area contributed by atoms with Crippen LogP contribution in [0.25, 0.3) is 0 Å². The van der Waals surface area contributed by atoms with E-state index in [0.717, 1.165) is 30.6 Å². The van der Waals surface area contributed by atoms with Crippen molar-refractivity contribution in [1.29, 1.82) is 0 Å². The Labute approximate surface area is 102 Å². The van der Waals surface area contributed by atoms with Crippen LogP contribution in [0.15, 0.2) is 6.20 Å². The molecular formula is C12H20N4O. The summed E-state index contributed by atoms with van der Waals surface area (Å²) in [5, 5.41) is 10.4. The van der Waals surface area contributed by atoms with Gasteiger partial charge in [-0.1, -0.05) is 6.42 Å². The largest absolute Gasteiger partial charge is 0.351 e. The molecule has 0 aromatic carbocycles. The SMILES string of the molecule is Cc1c(CNC(=O)[C@H]2CCCCN2)cnn1C. The van der Waals surface area contributed by atoms with E-state index in [1.54, 1.807) is 0 Å². The van der Waals surface area contributed by atoms with Gasteiger partial charge in [-0.15, -0.1) is 0 Å². The smallest absolute Gasteiger partial charge is 0.237 e. The lowest BCUT2D eigenvalue weighted by Crippen LogP contribution is -2.46. The van der Waals surface area contributed by atoms with Crippen LogP contribution in [0.2, 0.25) is 0 Å². The van der Waals surface area contributed by atoms with E-state index in [1.165, 1.54) is 6.42 Å². The molecule has 5 heteroatoms. The second kappa shape index (κ2) is 5.31. The van der Waals surface area contributed by atoms with Crippen molar-refractivity contribution >= 4 is 5.91 Å². The maximum absolute atomic E-state index is 11.9. The van der Waals surface area contributed by atoms with Crippen molar-refractivity contribution in [2.24, 2.45) is 7.05 Å². The van der Waals surface area contributed by atoms with Gasteiger partial charge in [0, 0.05) is 24.8 Å². The van der Waals surface area contributed by atoms with Crippen molar-refractivity contribution in [2.75, 3.05) is 6.54 Å². The van der Waals surface area contributed by atoms with E-state index in [2.05, 4.69) is 15.7 Å². The van der Waals surface area contributed by atoms with Crippen LogP contribution in [0.3, 0.4) is 0 Å². The number of carbonyl (C=O) groups excluding carboxylic acids is 1. The molecule has 1 fully saturated rings.